The van der Waals surface area contributed by atoms with Crippen molar-refractivity contribution < 1.29 is 50.3 Å². The smallest absolute Gasteiger partial charge is 0.481 e. The average Bonchev–Trinajstić information content (AvgIpc) is 2.96. The molecule has 1 saturated heterocycles. The van der Waals surface area contributed by atoms with E-state index in [4.69, 9.17) is 31.2 Å². The third-order valence-corrected chi connectivity index (χ3v) is 3.28. The van der Waals surface area contributed by atoms with Crippen molar-refractivity contribution in [1.29, 1.82) is 0 Å². The maximum absolute atomic E-state index is 9.43. The number of carbonyl (C=O) groups is 2. The van der Waals surface area contributed by atoms with Crippen molar-refractivity contribution in [2.45, 2.75) is 50.1 Å². The number of aliphatic carboxylic acids is 2. The fourth-order valence-corrected chi connectivity index (χ4v) is 2.41. The molecular formula is C12H22N2O6Pt+2. The number of ether oxygens (including phenoxy) is 2. The third kappa shape index (κ3) is 6.40. The molecule has 1 aliphatic heterocycles. The Morgan fingerprint density at radius 2 is 1.38 bits per heavy atom. The molecule has 6 N–H and O–H groups in total. The first kappa shape index (κ1) is 20.5. The van der Waals surface area contributed by atoms with E-state index in [1.54, 1.807) is 0 Å². The Kier molecular flexibility index (Phi) is 9.24. The summed E-state index contributed by atoms with van der Waals surface area (Å²) in [5.74, 6) is -2.95. The van der Waals surface area contributed by atoms with E-state index in [1.807, 2.05) is 0 Å². The Morgan fingerprint density at radius 1 is 1.00 bits per heavy atom. The second-order valence-electron chi connectivity index (χ2n) is 4.87. The average molecular weight is 485 g/mol. The molecule has 2 atom stereocenters. The normalized spacial score (nSPS) is 25.8. The van der Waals surface area contributed by atoms with E-state index in [1.165, 1.54) is 12.8 Å². The molecular weight excluding hydrogens is 463 g/mol. The molecule has 0 radical (unpaired) electrons. The van der Waals surface area contributed by atoms with Crippen molar-refractivity contribution in [3.63, 3.8) is 0 Å². The molecule has 0 bridgehead atoms. The predicted octanol–water partition coefficient (Wildman–Crippen LogP) is -0.499. The van der Waals surface area contributed by atoms with Crippen LogP contribution in [0.25, 0.3) is 0 Å². The van der Waals surface area contributed by atoms with Gasteiger partial charge in [0.05, 0.1) is 0 Å². The minimum atomic E-state index is -1.31. The van der Waals surface area contributed by atoms with Gasteiger partial charge in [0.2, 0.25) is 0 Å². The molecule has 9 heteroatoms. The Hall–Kier alpha value is -0.532. The SMILES string of the molecule is NCC1OC2(CCCC2)OC1CN.O=C(O)CC(=O)O.[Pt+2]. The van der Waals surface area contributed by atoms with Gasteiger partial charge < -0.3 is 31.2 Å². The van der Waals surface area contributed by atoms with Crippen molar-refractivity contribution in [2.75, 3.05) is 13.1 Å². The summed E-state index contributed by atoms with van der Waals surface area (Å²) in [5, 5.41) is 15.4. The summed E-state index contributed by atoms with van der Waals surface area (Å²) < 4.78 is 11.7. The molecule has 0 amide bonds. The minimum Gasteiger partial charge on any atom is -0.481 e. The molecule has 0 aromatic rings. The van der Waals surface area contributed by atoms with Crippen LogP contribution in [0, 0.1) is 0 Å². The molecule has 1 aliphatic carbocycles. The van der Waals surface area contributed by atoms with Crippen molar-refractivity contribution in [3.05, 3.63) is 0 Å². The van der Waals surface area contributed by atoms with E-state index in [0.29, 0.717) is 13.1 Å². The summed E-state index contributed by atoms with van der Waals surface area (Å²) >= 11 is 0. The van der Waals surface area contributed by atoms with Crippen molar-refractivity contribution in [1.82, 2.24) is 0 Å². The molecule has 2 aliphatic rings. The first-order valence-corrected chi connectivity index (χ1v) is 6.62. The van der Waals surface area contributed by atoms with Crippen LogP contribution in [0.5, 0.6) is 0 Å². The molecule has 2 unspecified atom stereocenters. The second kappa shape index (κ2) is 9.48. The summed E-state index contributed by atoms with van der Waals surface area (Å²) in [4.78, 5) is 18.9. The van der Waals surface area contributed by atoms with Crippen LogP contribution in [0.15, 0.2) is 0 Å². The Bertz CT molecular complexity index is 323. The van der Waals surface area contributed by atoms with Gasteiger partial charge in [0.1, 0.15) is 18.6 Å². The largest absolute Gasteiger partial charge is 2.00 e. The first-order chi connectivity index (χ1) is 9.42. The van der Waals surface area contributed by atoms with Gasteiger partial charge in [-0.3, -0.25) is 9.59 Å². The molecule has 8 nitrogen and oxygen atoms in total. The van der Waals surface area contributed by atoms with Gasteiger partial charge in [-0.25, -0.2) is 0 Å². The van der Waals surface area contributed by atoms with Gasteiger partial charge in [-0.1, -0.05) is 0 Å². The van der Waals surface area contributed by atoms with Crippen LogP contribution in [0.4, 0.5) is 0 Å². The number of rotatable bonds is 4. The van der Waals surface area contributed by atoms with E-state index in [2.05, 4.69) is 0 Å². The monoisotopic (exact) mass is 485 g/mol. The molecule has 1 saturated carbocycles. The molecule has 1 heterocycles. The zero-order valence-corrected chi connectivity index (χ0v) is 13.9. The molecule has 21 heavy (non-hydrogen) atoms. The van der Waals surface area contributed by atoms with Gasteiger partial charge in [-0.05, 0) is 12.8 Å². The predicted molar refractivity (Wildman–Crippen MR) is 68.9 cm³/mol. The van der Waals surface area contributed by atoms with Crippen molar-refractivity contribution in [2.24, 2.45) is 11.5 Å². The number of nitrogens with two attached hydrogens (primary N) is 2. The van der Waals surface area contributed by atoms with Gasteiger partial charge in [0, 0.05) is 25.9 Å². The van der Waals surface area contributed by atoms with E-state index >= 15 is 0 Å². The summed E-state index contributed by atoms with van der Waals surface area (Å²) in [6, 6.07) is 0. The van der Waals surface area contributed by atoms with E-state index in [0.717, 1.165) is 12.8 Å². The number of carboxylic acid groups (broad SMARTS) is 2. The quantitative estimate of drug-likeness (QED) is 0.390. The zero-order valence-electron chi connectivity index (χ0n) is 11.6. The van der Waals surface area contributed by atoms with Gasteiger partial charge in [-0.2, -0.15) is 0 Å². The van der Waals surface area contributed by atoms with Crippen LogP contribution in [-0.2, 0) is 40.1 Å². The van der Waals surface area contributed by atoms with Gasteiger partial charge in [0.25, 0.3) is 0 Å². The summed E-state index contributed by atoms with van der Waals surface area (Å²) in [6.45, 7) is 1.01. The number of hydrogen-bond donors (Lipinski definition) is 4. The topological polar surface area (TPSA) is 145 Å². The van der Waals surface area contributed by atoms with E-state index < -0.39 is 18.4 Å². The van der Waals surface area contributed by atoms with E-state index in [9.17, 15) is 9.59 Å². The van der Waals surface area contributed by atoms with Crippen LogP contribution in [-0.4, -0.2) is 53.2 Å². The summed E-state index contributed by atoms with van der Waals surface area (Å²) in [7, 11) is 0. The maximum atomic E-state index is 9.43. The van der Waals surface area contributed by atoms with Gasteiger partial charge >= 0.3 is 33.0 Å². The van der Waals surface area contributed by atoms with Gasteiger partial charge in [0.15, 0.2) is 5.79 Å². The molecule has 0 aromatic heterocycles. The maximum Gasteiger partial charge on any atom is 2.00 e. The van der Waals surface area contributed by atoms with Crippen molar-refractivity contribution >= 4 is 11.9 Å². The second-order valence-corrected chi connectivity index (χ2v) is 4.87. The molecule has 1 spiro atoms. The summed E-state index contributed by atoms with van der Waals surface area (Å²) in [5.41, 5.74) is 11.2. The first-order valence-electron chi connectivity index (χ1n) is 6.62. The minimum absolute atomic E-state index is 0. The molecule has 0 aromatic carbocycles. The Balaban J connectivity index is 0.000000436. The van der Waals surface area contributed by atoms with Gasteiger partial charge in [-0.15, -0.1) is 0 Å². The Labute approximate surface area is 137 Å². The fourth-order valence-electron chi connectivity index (χ4n) is 2.41. The molecule has 124 valence electrons. The summed E-state index contributed by atoms with van der Waals surface area (Å²) in [6.07, 6.45) is 3.58. The number of carboxylic acids is 2. The van der Waals surface area contributed by atoms with Crippen LogP contribution >= 0.6 is 0 Å². The van der Waals surface area contributed by atoms with Crippen molar-refractivity contribution in [3.8, 4) is 0 Å². The van der Waals surface area contributed by atoms with Crippen LogP contribution in [0.3, 0.4) is 0 Å². The number of hydrogen-bond acceptors (Lipinski definition) is 6. The molecule has 2 rings (SSSR count). The standard InChI is InChI=1S/C9H18N2O2.C3H4O4.Pt/c10-5-7-8(6-11)13-9(12-7)3-1-2-4-9;4-2(5)1-3(6)7;/h7-8H,1-6,10-11H2;1H2,(H,4,5)(H,6,7);/q;;+2. The fraction of sp³-hybridized carbons (Fsp3) is 0.833. The van der Waals surface area contributed by atoms with E-state index in [-0.39, 0.29) is 39.1 Å². The van der Waals surface area contributed by atoms with Crippen LogP contribution in [0.2, 0.25) is 0 Å². The Morgan fingerprint density at radius 3 is 1.62 bits per heavy atom. The van der Waals surface area contributed by atoms with Crippen LogP contribution < -0.4 is 11.5 Å². The molecule has 2 fully saturated rings. The van der Waals surface area contributed by atoms with Crippen LogP contribution in [0.1, 0.15) is 32.1 Å². The zero-order chi connectivity index (χ0) is 15.2. The third-order valence-electron chi connectivity index (χ3n) is 3.28.